The van der Waals surface area contributed by atoms with Crippen LogP contribution in [-0.2, 0) is 0 Å². The van der Waals surface area contributed by atoms with Gasteiger partial charge >= 0.3 is 0 Å². The number of nitro benzene ring substituents is 1. The van der Waals surface area contributed by atoms with Crippen LogP contribution in [0.2, 0.25) is 0 Å². The minimum absolute atomic E-state index is 0.0313. The first-order valence-electron chi connectivity index (χ1n) is 6.04. The number of fused-ring (bicyclic) bond motifs is 1. The van der Waals surface area contributed by atoms with Crippen LogP contribution in [0.15, 0.2) is 22.6 Å². The molecule has 6 nitrogen and oxygen atoms in total. The van der Waals surface area contributed by atoms with Crippen molar-refractivity contribution in [2.75, 3.05) is 18.0 Å². The maximum Gasteiger partial charge on any atom is 0.298 e. The number of non-ortho nitro benzene ring substituents is 1. The number of hydrogen-bond acceptors (Lipinski definition) is 5. The Morgan fingerprint density at radius 3 is 2.78 bits per heavy atom. The third kappa shape index (κ3) is 1.90. The van der Waals surface area contributed by atoms with Gasteiger partial charge in [-0.3, -0.25) is 10.1 Å². The van der Waals surface area contributed by atoms with E-state index in [4.69, 9.17) is 4.42 Å². The van der Waals surface area contributed by atoms with Crippen molar-refractivity contribution in [3.63, 3.8) is 0 Å². The number of anilines is 1. The lowest BCUT2D eigenvalue weighted by molar-refractivity contribution is -0.384. The molecular weight excluding hydrogens is 234 g/mol. The molecule has 3 rings (SSSR count). The molecule has 0 spiro atoms. The second-order valence-electron chi connectivity index (χ2n) is 4.45. The van der Waals surface area contributed by atoms with Gasteiger partial charge in [-0.25, -0.2) is 0 Å². The Balaban J connectivity index is 1.97. The van der Waals surface area contributed by atoms with Gasteiger partial charge in [0.25, 0.3) is 11.7 Å². The number of piperidine rings is 1. The van der Waals surface area contributed by atoms with Crippen molar-refractivity contribution in [3.8, 4) is 0 Å². The molecule has 1 aliphatic rings. The highest BCUT2D eigenvalue weighted by Gasteiger charge is 2.18. The Hall–Kier alpha value is -2.11. The van der Waals surface area contributed by atoms with E-state index in [-0.39, 0.29) is 5.69 Å². The molecule has 1 aromatic heterocycles. The van der Waals surface area contributed by atoms with Crippen LogP contribution in [-0.4, -0.2) is 23.0 Å². The molecule has 0 amide bonds. The number of aromatic nitrogens is 1. The molecule has 0 bridgehead atoms. The van der Waals surface area contributed by atoms with Crippen molar-refractivity contribution in [1.29, 1.82) is 0 Å². The second-order valence-corrected chi connectivity index (χ2v) is 4.45. The van der Waals surface area contributed by atoms with Crippen LogP contribution in [0.4, 0.5) is 11.7 Å². The molecule has 0 saturated carbocycles. The Kier molecular flexibility index (Phi) is 2.62. The van der Waals surface area contributed by atoms with Crippen molar-refractivity contribution in [2.24, 2.45) is 0 Å². The fourth-order valence-electron chi connectivity index (χ4n) is 2.24. The van der Waals surface area contributed by atoms with Gasteiger partial charge in [-0.1, -0.05) is 0 Å². The molecule has 1 fully saturated rings. The van der Waals surface area contributed by atoms with E-state index >= 15 is 0 Å². The number of nitro groups is 1. The predicted octanol–water partition coefficient (Wildman–Crippen LogP) is 2.73. The van der Waals surface area contributed by atoms with Gasteiger partial charge in [-0.2, -0.15) is 4.98 Å². The van der Waals surface area contributed by atoms with Gasteiger partial charge in [0.05, 0.1) is 11.0 Å². The summed E-state index contributed by atoms with van der Waals surface area (Å²) < 4.78 is 5.61. The Bertz CT molecular complexity index is 587. The number of rotatable bonds is 2. The van der Waals surface area contributed by atoms with Crippen LogP contribution in [0.5, 0.6) is 0 Å². The van der Waals surface area contributed by atoms with Crippen molar-refractivity contribution in [2.45, 2.75) is 19.3 Å². The molecule has 94 valence electrons. The van der Waals surface area contributed by atoms with Crippen LogP contribution in [0.3, 0.4) is 0 Å². The smallest absolute Gasteiger partial charge is 0.298 e. The van der Waals surface area contributed by atoms with Crippen molar-refractivity contribution < 1.29 is 9.34 Å². The lowest BCUT2D eigenvalue weighted by Crippen LogP contribution is -2.29. The Morgan fingerprint density at radius 1 is 1.28 bits per heavy atom. The van der Waals surface area contributed by atoms with Gasteiger partial charge < -0.3 is 9.32 Å². The van der Waals surface area contributed by atoms with E-state index < -0.39 is 4.92 Å². The molecule has 0 unspecified atom stereocenters. The second kappa shape index (κ2) is 4.29. The van der Waals surface area contributed by atoms with E-state index in [1.165, 1.54) is 18.6 Å². The predicted molar refractivity (Wildman–Crippen MR) is 66.7 cm³/mol. The summed E-state index contributed by atoms with van der Waals surface area (Å²) in [5.41, 5.74) is 1.18. The molecule has 0 atom stereocenters. The summed E-state index contributed by atoms with van der Waals surface area (Å²) in [6.45, 7) is 1.88. The van der Waals surface area contributed by atoms with Crippen molar-refractivity contribution in [1.82, 2.24) is 4.98 Å². The van der Waals surface area contributed by atoms with Crippen LogP contribution in [0.25, 0.3) is 11.1 Å². The number of nitrogens with zero attached hydrogens (tertiary/aromatic N) is 3. The molecule has 18 heavy (non-hydrogen) atoms. The van der Waals surface area contributed by atoms with E-state index in [1.54, 1.807) is 6.07 Å². The fraction of sp³-hybridized carbons (Fsp3) is 0.417. The summed E-state index contributed by atoms with van der Waals surface area (Å²) in [6, 6.07) is 5.08. The van der Waals surface area contributed by atoms with Crippen LogP contribution in [0.1, 0.15) is 19.3 Å². The summed E-state index contributed by atoms with van der Waals surface area (Å²) in [4.78, 5) is 16.7. The first-order valence-corrected chi connectivity index (χ1v) is 6.04. The van der Waals surface area contributed by atoms with Crippen LogP contribution >= 0.6 is 0 Å². The molecule has 1 saturated heterocycles. The number of benzene rings is 1. The normalized spacial score (nSPS) is 16.1. The number of hydrogen-bond donors (Lipinski definition) is 0. The summed E-state index contributed by atoms with van der Waals surface area (Å²) >= 11 is 0. The largest absolute Gasteiger partial charge is 0.423 e. The van der Waals surface area contributed by atoms with Crippen molar-refractivity contribution >= 4 is 22.8 Å². The van der Waals surface area contributed by atoms with Crippen molar-refractivity contribution in [3.05, 3.63) is 28.3 Å². The fourth-order valence-corrected chi connectivity index (χ4v) is 2.24. The van der Waals surface area contributed by atoms with Crippen LogP contribution < -0.4 is 4.90 Å². The minimum Gasteiger partial charge on any atom is -0.423 e. The minimum atomic E-state index is -0.428. The maximum atomic E-state index is 10.7. The van der Waals surface area contributed by atoms with E-state index in [9.17, 15) is 10.1 Å². The Morgan fingerprint density at radius 2 is 2.06 bits per heavy atom. The third-order valence-corrected chi connectivity index (χ3v) is 3.20. The molecule has 2 heterocycles. The molecule has 0 aliphatic carbocycles. The highest BCUT2D eigenvalue weighted by atomic mass is 16.6. The molecule has 2 aromatic rings. The van der Waals surface area contributed by atoms with Gasteiger partial charge in [0.15, 0.2) is 5.58 Å². The average molecular weight is 247 g/mol. The van der Waals surface area contributed by atoms with Gasteiger partial charge in [0.2, 0.25) is 0 Å². The van der Waals surface area contributed by atoms with E-state index in [0.717, 1.165) is 25.9 Å². The molecule has 0 N–H and O–H groups in total. The first kappa shape index (κ1) is 11.0. The molecular formula is C12H13N3O3. The van der Waals surface area contributed by atoms with E-state index in [2.05, 4.69) is 9.88 Å². The molecule has 1 aliphatic heterocycles. The first-order chi connectivity index (χ1) is 8.74. The molecule has 6 heteroatoms. The van der Waals surface area contributed by atoms with E-state index in [1.807, 2.05) is 0 Å². The molecule has 0 radical (unpaired) electrons. The number of oxazole rings is 1. The summed E-state index contributed by atoms with van der Waals surface area (Å²) in [5.74, 6) is 0. The molecule has 1 aromatic carbocycles. The highest BCUT2D eigenvalue weighted by Crippen LogP contribution is 2.27. The maximum absolute atomic E-state index is 10.7. The topological polar surface area (TPSA) is 72.4 Å². The summed E-state index contributed by atoms with van der Waals surface area (Å²) in [7, 11) is 0. The highest BCUT2D eigenvalue weighted by molar-refractivity contribution is 5.77. The van der Waals surface area contributed by atoms with Gasteiger partial charge in [0, 0.05) is 19.2 Å². The van der Waals surface area contributed by atoms with Gasteiger partial charge in [-0.05, 0) is 25.3 Å². The zero-order chi connectivity index (χ0) is 12.5. The zero-order valence-electron chi connectivity index (χ0n) is 9.83. The SMILES string of the molecule is O=[N+]([O-])c1ccc2nc(N3CCCCC3)oc2c1. The lowest BCUT2D eigenvalue weighted by atomic mass is 10.1. The van der Waals surface area contributed by atoms with Crippen LogP contribution in [0, 0.1) is 10.1 Å². The summed E-state index contributed by atoms with van der Waals surface area (Å²) in [6.07, 6.45) is 3.51. The third-order valence-electron chi connectivity index (χ3n) is 3.20. The zero-order valence-corrected chi connectivity index (χ0v) is 9.83. The standard InChI is InChI=1S/C12H13N3O3/c16-15(17)9-4-5-10-11(8-9)18-12(13-10)14-6-2-1-3-7-14/h4-5,8H,1-3,6-7H2. The summed E-state index contributed by atoms with van der Waals surface area (Å²) in [5, 5.41) is 10.7. The van der Waals surface area contributed by atoms with E-state index in [0.29, 0.717) is 17.1 Å². The average Bonchev–Trinajstić information content (AvgIpc) is 2.82. The quantitative estimate of drug-likeness (QED) is 0.602. The Labute approximate surface area is 103 Å². The van der Waals surface area contributed by atoms with Gasteiger partial charge in [-0.15, -0.1) is 0 Å². The van der Waals surface area contributed by atoms with Gasteiger partial charge in [0.1, 0.15) is 5.52 Å². The lowest BCUT2D eigenvalue weighted by Gasteiger charge is -2.24. The monoisotopic (exact) mass is 247 g/mol.